The lowest BCUT2D eigenvalue weighted by atomic mass is 9.98. The average molecular weight is 302 g/mol. The topological polar surface area (TPSA) is 71.4 Å². The minimum absolute atomic E-state index is 0.124. The molecule has 0 rings (SSSR count). The molecule has 0 aliphatic heterocycles. The molecule has 0 spiro atoms. The normalized spacial score (nSPS) is 15.2. The van der Waals surface area contributed by atoms with Crippen LogP contribution in [-0.2, 0) is 14.9 Å². The van der Waals surface area contributed by atoms with Gasteiger partial charge in [-0.2, -0.15) is 8.42 Å². The number of Topliss-reactive ketones (excluding diaryl/α,β-unsaturated/α-hetero) is 1. The summed E-state index contributed by atoms with van der Waals surface area (Å²) in [6.07, 6.45) is 6.32. The van der Waals surface area contributed by atoms with E-state index in [2.05, 4.69) is 0 Å². The number of hydrogen-bond acceptors (Lipinski definition) is 3. The molecule has 0 aromatic carbocycles. The molecular formula is C15H26O4S. The lowest BCUT2D eigenvalue weighted by Gasteiger charge is -2.17. The molecule has 0 fully saturated rings. The Bertz CT molecular complexity index is 472. The predicted molar refractivity (Wildman–Crippen MR) is 82.3 cm³/mol. The summed E-state index contributed by atoms with van der Waals surface area (Å²) in [5, 5.41) is -0.843. The van der Waals surface area contributed by atoms with Crippen LogP contribution in [0.4, 0.5) is 0 Å². The second kappa shape index (κ2) is 9.08. The Hall–Kier alpha value is -0.940. The summed E-state index contributed by atoms with van der Waals surface area (Å²) >= 11 is 0. The fraction of sp³-hybridized carbons (Fsp3) is 0.667. The van der Waals surface area contributed by atoms with Crippen LogP contribution in [0.2, 0.25) is 0 Å². The minimum atomic E-state index is -4.09. The van der Waals surface area contributed by atoms with Gasteiger partial charge in [0.1, 0.15) is 11.0 Å². The molecule has 0 aromatic rings. The monoisotopic (exact) mass is 302 g/mol. The molecule has 0 bridgehead atoms. The number of carbonyl (C=O) groups excluding carboxylic acids is 1. The van der Waals surface area contributed by atoms with Gasteiger partial charge in [0, 0.05) is 6.42 Å². The Balaban J connectivity index is 4.81. The van der Waals surface area contributed by atoms with Crippen LogP contribution < -0.4 is 0 Å². The lowest BCUT2D eigenvalue weighted by molar-refractivity contribution is -0.116. The summed E-state index contributed by atoms with van der Waals surface area (Å²) < 4.78 is 32.4. The first-order valence-electron chi connectivity index (χ1n) is 7.01. The second-order valence-electron chi connectivity index (χ2n) is 4.91. The number of ketones is 1. The van der Waals surface area contributed by atoms with Gasteiger partial charge in [-0.25, -0.2) is 0 Å². The summed E-state index contributed by atoms with van der Waals surface area (Å²) in [5.41, 5.74) is 1.79. The highest BCUT2D eigenvalue weighted by Crippen LogP contribution is 2.23. The molecule has 0 heterocycles. The summed E-state index contributed by atoms with van der Waals surface area (Å²) in [5.74, 6) is 0.124. The minimum Gasteiger partial charge on any atom is -0.300 e. The van der Waals surface area contributed by atoms with Gasteiger partial charge in [0.05, 0.1) is 0 Å². The molecule has 0 saturated carbocycles. The predicted octanol–water partition coefficient (Wildman–Crippen LogP) is 3.69. The molecule has 0 aliphatic rings. The Kier molecular flexibility index (Phi) is 8.65. The summed E-state index contributed by atoms with van der Waals surface area (Å²) in [6, 6.07) is 0. The molecule has 1 atom stereocenters. The van der Waals surface area contributed by atoms with Crippen LogP contribution in [0.5, 0.6) is 0 Å². The van der Waals surface area contributed by atoms with E-state index in [1.54, 1.807) is 19.9 Å². The van der Waals surface area contributed by atoms with Crippen molar-refractivity contribution in [3.8, 4) is 0 Å². The van der Waals surface area contributed by atoms with Gasteiger partial charge < -0.3 is 4.79 Å². The molecule has 0 radical (unpaired) electrons. The fourth-order valence-electron chi connectivity index (χ4n) is 2.21. The third kappa shape index (κ3) is 7.01. The van der Waals surface area contributed by atoms with Gasteiger partial charge in [-0.1, -0.05) is 30.2 Å². The van der Waals surface area contributed by atoms with Crippen LogP contribution in [0.1, 0.15) is 59.8 Å². The number of hydrogen-bond donors (Lipinski definition) is 1. The van der Waals surface area contributed by atoms with E-state index < -0.39 is 15.4 Å². The van der Waals surface area contributed by atoms with E-state index in [9.17, 15) is 17.8 Å². The molecular weight excluding hydrogens is 276 g/mol. The maximum absolute atomic E-state index is 11.5. The molecule has 20 heavy (non-hydrogen) atoms. The van der Waals surface area contributed by atoms with E-state index >= 15 is 0 Å². The van der Waals surface area contributed by atoms with E-state index in [1.807, 2.05) is 19.9 Å². The average Bonchev–Trinajstić information content (AvgIpc) is 2.36. The van der Waals surface area contributed by atoms with E-state index in [0.29, 0.717) is 32.1 Å². The van der Waals surface area contributed by atoms with Gasteiger partial charge >= 0.3 is 0 Å². The molecule has 0 aliphatic carbocycles. The first kappa shape index (κ1) is 19.1. The van der Waals surface area contributed by atoms with Crippen LogP contribution in [-0.4, -0.2) is 24.0 Å². The van der Waals surface area contributed by atoms with Crippen LogP contribution >= 0.6 is 0 Å². The Morgan fingerprint density at radius 1 is 1.15 bits per heavy atom. The van der Waals surface area contributed by atoms with Gasteiger partial charge in [-0.15, -0.1) is 0 Å². The molecule has 1 N–H and O–H groups in total. The first-order chi connectivity index (χ1) is 9.26. The number of allylic oxidation sites excluding steroid dienone is 3. The Morgan fingerprint density at radius 3 is 2.10 bits per heavy atom. The molecule has 5 heteroatoms. The zero-order valence-corrected chi connectivity index (χ0v) is 13.7. The van der Waals surface area contributed by atoms with Gasteiger partial charge in [0.15, 0.2) is 0 Å². The second-order valence-corrected chi connectivity index (χ2v) is 6.51. The van der Waals surface area contributed by atoms with Gasteiger partial charge in [0.2, 0.25) is 0 Å². The molecule has 4 nitrogen and oxygen atoms in total. The smallest absolute Gasteiger partial charge is 0.271 e. The molecule has 0 aromatic heterocycles. The van der Waals surface area contributed by atoms with Crippen LogP contribution in [0.25, 0.3) is 0 Å². The van der Waals surface area contributed by atoms with Crippen molar-refractivity contribution in [1.82, 2.24) is 0 Å². The van der Waals surface area contributed by atoms with Crippen molar-refractivity contribution in [2.75, 3.05) is 0 Å². The summed E-state index contributed by atoms with van der Waals surface area (Å²) in [6.45, 7) is 7.08. The maximum Gasteiger partial charge on any atom is 0.271 e. The van der Waals surface area contributed by atoms with E-state index in [1.165, 1.54) is 0 Å². The first-order valence-corrected chi connectivity index (χ1v) is 8.51. The molecule has 1 unspecified atom stereocenters. The zero-order valence-electron chi connectivity index (χ0n) is 12.8. The number of carbonyl (C=O) groups is 1. The van der Waals surface area contributed by atoms with Crippen molar-refractivity contribution < 1.29 is 17.8 Å². The highest BCUT2D eigenvalue weighted by atomic mass is 32.2. The Labute approximate surface area is 122 Å². The van der Waals surface area contributed by atoms with Gasteiger partial charge in [-0.05, 0) is 46.5 Å². The fourth-order valence-corrected chi connectivity index (χ4v) is 3.31. The van der Waals surface area contributed by atoms with Crippen LogP contribution in [0.15, 0.2) is 23.3 Å². The van der Waals surface area contributed by atoms with Crippen molar-refractivity contribution in [2.24, 2.45) is 0 Å². The maximum atomic E-state index is 11.5. The van der Waals surface area contributed by atoms with Crippen molar-refractivity contribution in [2.45, 2.75) is 65.0 Å². The molecule has 116 valence electrons. The lowest BCUT2D eigenvalue weighted by Crippen LogP contribution is -2.23. The standard InChI is InChI=1S/C15H26O4S/c1-5-13(9-8-12(4)16)10-11-15(20(17,18)19)14(6-2)7-3/h5-6,15H,7-11H2,1-4H3,(H,17,18,19). The number of rotatable bonds is 9. The van der Waals surface area contributed by atoms with Crippen molar-refractivity contribution in [3.63, 3.8) is 0 Å². The van der Waals surface area contributed by atoms with Crippen LogP contribution in [0.3, 0.4) is 0 Å². The third-order valence-corrected chi connectivity index (χ3v) is 4.74. The SMILES string of the molecule is CC=C(CCC(C)=O)CCC(C(=CC)CC)S(=O)(=O)O. The summed E-state index contributed by atoms with van der Waals surface area (Å²) in [4.78, 5) is 11.0. The summed E-state index contributed by atoms with van der Waals surface area (Å²) in [7, 11) is -4.09. The van der Waals surface area contributed by atoms with Crippen molar-refractivity contribution in [3.05, 3.63) is 23.3 Å². The van der Waals surface area contributed by atoms with E-state index in [0.717, 1.165) is 11.1 Å². The van der Waals surface area contributed by atoms with E-state index in [4.69, 9.17) is 0 Å². The quantitative estimate of drug-likeness (QED) is 0.521. The zero-order chi connectivity index (χ0) is 15.8. The van der Waals surface area contributed by atoms with Gasteiger partial charge in [-0.3, -0.25) is 4.55 Å². The highest BCUT2D eigenvalue weighted by molar-refractivity contribution is 7.86. The third-order valence-electron chi connectivity index (χ3n) is 3.49. The van der Waals surface area contributed by atoms with Crippen LogP contribution in [0, 0.1) is 0 Å². The van der Waals surface area contributed by atoms with Crippen molar-refractivity contribution in [1.29, 1.82) is 0 Å². The highest BCUT2D eigenvalue weighted by Gasteiger charge is 2.25. The van der Waals surface area contributed by atoms with Crippen molar-refractivity contribution >= 4 is 15.9 Å². The van der Waals surface area contributed by atoms with E-state index in [-0.39, 0.29) is 5.78 Å². The van der Waals surface area contributed by atoms with Gasteiger partial charge in [0.25, 0.3) is 10.1 Å². The molecule has 0 amide bonds. The Morgan fingerprint density at radius 2 is 1.75 bits per heavy atom. The molecule has 0 saturated heterocycles. The largest absolute Gasteiger partial charge is 0.300 e.